The minimum absolute atomic E-state index is 0.0470. The predicted molar refractivity (Wildman–Crippen MR) is 127 cm³/mol. The summed E-state index contributed by atoms with van der Waals surface area (Å²) in [6.07, 6.45) is 0.183. The molecule has 0 aromatic heterocycles. The number of carbonyl (C=O) groups excluding carboxylic acids is 1. The van der Waals surface area contributed by atoms with Gasteiger partial charge >= 0.3 is 0 Å². The standard InChI is InChI=1S/C24H25ClN2O4S/c1-3-31-19-12-14-20(15-13-19)32(29,30)27-23(16-18-8-5-4-6-9-18)24(28)26-22-11-7-10-21(25)17(22)2/h4-15,23,27H,3,16H2,1-2H3,(H,26,28)/t23-/m1/s1. The molecular weight excluding hydrogens is 448 g/mol. The van der Waals surface area contributed by atoms with Crippen molar-refractivity contribution < 1.29 is 17.9 Å². The second-order valence-electron chi connectivity index (χ2n) is 7.17. The summed E-state index contributed by atoms with van der Waals surface area (Å²) in [6.45, 7) is 4.11. The summed E-state index contributed by atoms with van der Waals surface area (Å²) in [4.78, 5) is 13.2. The van der Waals surface area contributed by atoms with Gasteiger partial charge in [0.05, 0.1) is 11.5 Å². The Balaban J connectivity index is 1.86. The van der Waals surface area contributed by atoms with E-state index in [0.29, 0.717) is 28.6 Å². The van der Waals surface area contributed by atoms with Crippen LogP contribution in [-0.4, -0.2) is 27.0 Å². The lowest BCUT2D eigenvalue weighted by Gasteiger charge is -2.20. The summed E-state index contributed by atoms with van der Waals surface area (Å²) in [6, 6.07) is 19.4. The molecule has 3 rings (SSSR count). The molecule has 168 valence electrons. The van der Waals surface area contributed by atoms with Crippen LogP contribution in [-0.2, 0) is 21.2 Å². The molecule has 1 atom stereocenters. The quantitative estimate of drug-likeness (QED) is 0.477. The van der Waals surface area contributed by atoms with Crippen LogP contribution in [0.2, 0.25) is 5.02 Å². The average molecular weight is 473 g/mol. The average Bonchev–Trinajstić information content (AvgIpc) is 2.77. The lowest BCUT2D eigenvalue weighted by molar-refractivity contribution is -0.117. The first-order chi connectivity index (χ1) is 15.3. The molecular formula is C24H25ClN2O4S. The maximum Gasteiger partial charge on any atom is 0.242 e. The van der Waals surface area contributed by atoms with Crippen molar-refractivity contribution in [3.05, 3.63) is 88.9 Å². The van der Waals surface area contributed by atoms with E-state index >= 15 is 0 Å². The molecule has 0 saturated carbocycles. The van der Waals surface area contributed by atoms with Crippen molar-refractivity contribution in [1.29, 1.82) is 0 Å². The molecule has 0 spiro atoms. The topological polar surface area (TPSA) is 84.5 Å². The molecule has 0 saturated heterocycles. The fourth-order valence-corrected chi connectivity index (χ4v) is 4.51. The molecule has 0 radical (unpaired) electrons. The molecule has 0 aliphatic carbocycles. The van der Waals surface area contributed by atoms with Gasteiger partial charge < -0.3 is 10.1 Å². The highest BCUT2D eigenvalue weighted by Gasteiger charge is 2.26. The number of anilines is 1. The van der Waals surface area contributed by atoms with Crippen LogP contribution < -0.4 is 14.8 Å². The second kappa shape index (κ2) is 10.6. The monoisotopic (exact) mass is 472 g/mol. The Hall–Kier alpha value is -2.87. The molecule has 0 heterocycles. The molecule has 0 bridgehead atoms. The minimum Gasteiger partial charge on any atom is -0.494 e. The van der Waals surface area contributed by atoms with Crippen molar-refractivity contribution in [1.82, 2.24) is 4.72 Å². The van der Waals surface area contributed by atoms with Crippen LogP contribution in [0.25, 0.3) is 0 Å². The van der Waals surface area contributed by atoms with Crippen LogP contribution in [0, 0.1) is 6.92 Å². The third kappa shape index (κ3) is 6.09. The van der Waals surface area contributed by atoms with E-state index in [-0.39, 0.29) is 11.3 Å². The van der Waals surface area contributed by atoms with Gasteiger partial charge in [0.15, 0.2) is 0 Å². The minimum atomic E-state index is -3.96. The summed E-state index contributed by atoms with van der Waals surface area (Å²) in [5, 5.41) is 3.31. The first-order valence-corrected chi connectivity index (χ1v) is 12.0. The number of carbonyl (C=O) groups is 1. The van der Waals surface area contributed by atoms with Crippen molar-refractivity contribution >= 4 is 33.2 Å². The fourth-order valence-electron chi connectivity index (χ4n) is 3.14. The highest BCUT2D eigenvalue weighted by Crippen LogP contribution is 2.23. The lowest BCUT2D eigenvalue weighted by Crippen LogP contribution is -2.45. The van der Waals surface area contributed by atoms with Crippen molar-refractivity contribution in [2.45, 2.75) is 31.2 Å². The SMILES string of the molecule is CCOc1ccc(S(=O)(=O)N[C@H](Cc2ccccc2)C(=O)Nc2cccc(Cl)c2C)cc1. The number of hydrogen-bond donors (Lipinski definition) is 2. The second-order valence-corrected chi connectivity index (χ2v) is 9.29. The summed E-state index contributed by atoms with van der Waals surface area (Å²) in [5.41, 5.74) is 2.06. The van der Waals surface area contributed by atoms with Gasteiger partial charge in [0.2, 0.25) is 15.9 Å². The van der Waals surface area contributed by atoms with Crippen LogP contribution in [0.4, 0.5) is 5.69 Å². The van der Waals surface area contributed by atoms with Crippen molar-refractivity contribution in [3.63, 3.8) is 0 Å². The number of rotatable bonds is 9. The van der Waals surface area contributed by atoms with E-state index in [1.54, 1.807) is 37.3 Å². The zero-order chi connectivity index (χ0) is 23.1. The van der Waals surface area contributed by atoms with Crippen molar-refractivity contribution in [2.75, 3.05) is 11.9 Å². The lowest BCUT2D eigenvalue weighted by atomic mass is 10.1. The van der Waals surface area contributed by atoms with E-state index in [2.05, 4.69) is 10.0 Å². The zero-order valence-corrected chi connectivity index (χ0v) is 19.4. The zero-order valence-electron chi connectivity index (χ0n) is 17.8. The van der Waals surface area contributed by atoms with Gasteiger partial charge in [0, 0.05) is 10.7 Å². The number of sulfonamides is 1. The van der Waals surface area contributed by atoms with E-state index in [1.807, 2.05) is 37.3 Å². The number of ether oxygens (including phenoxy) is 1. The predicted octanol–water partition coefficient (Wildman–Crippen LogP) is 4.58. The van der Waals surface area contributed by atoms with Crippen molar-refractivity contribution in [2.24, 2.45) is 0 Å². The maximum absolute atomic E-state index is 13.1. The Morgan fingerprint density at radius 1 is 1.00 bits per heavy atom. The first-order valence-electron chi connectivity index (χ1n) is 10.1. The highest BCUT2D eigenvalue weighted by molar-refractivity contribution is 7.89. The van der Waals surface area contributed by atoms with Crippen LogP contribution in [0.15, 0.2) is 77.7 Å². The molecule has 8 heteroatoms. The summed E-state index contributed by atoms with van der Waals surface area (Å²) in [5.74, 6) is 0.0928. The Labute approximate surface area is 193 Å². The van der Waals surface area contributed by atoms with Crippen LogP contribution in [0.3, 0.4) is 0 Å². The third-order valence-corrected chi connectivity index (χ3v) is 6.76. The third-order valence-electron chi connectivity index (χ3n) is 4.87. The van der Waals surface area contributed by atoms with Gasteiger partial charge in [-0.3, -0.25) is 4.79 Å². The number of amides is 1. The Morgan fingerprint density at radius 3 is 2.34 bits per heavy atom. The molecule has 0 aliphatic heterocycles. The molecule has 0 fully saturated rings. The molecule has 1 amide bonds. The van der Waals surface area contributed by atoms with Gasteiger partial charge in [0.1, 0.15) is 11.8 Å². The van der Waals surface area contributed by atoms with E-state index in [9.17, 15) is 13.2 Å². The Kier molecular flexibility index (Phi) is 7.90. The molecule has 0 aliphatic rings. The number of benzene rings is 3. The first kappa shape index (κ1) is 23.8. The molecule has 2 N–H and O–H groups in total. The molecule has 0 unspecified atom stereocenters. The maximum atomic E-state index is 13.1. The van der Waals surface area contributed by atoms with Gasteiger partial charge in [-0.25, -0.2) is 8.42 Å². The summed E-state index contributed by atoms with van der Waals surface area (Å²) < 4.78 is 34.0. The van der Waals surface area contributed by atoms with Gasteiger partial charge in [-0.15, -0.1) is 0 Å². The molecule has 32 heavy (non-hydrogen) atoms. The van der Waals surface area contributed by atoms with Gasteiger partial charge in [0.25, 0.3) is 0 Å². The van der Waals surface area contributed by atoms with Crippen molar-refractivity contribution in [3.8, 4) is 5.75 Å². The molecule has 3 aromatic rings. The number of halogens is 1. The Bertz CT molecular complexity index is 1170. The van der Waals surface area contributed by atoms with Crippen LogP contribution >= 0.6 is 11.6 Å². The van der Waals surface area contributed by atoms with Gasteiger partial charge in [-0.2, -0.15) is 4.72 Å². The van der Waals surface area contributed by atoms with E-state index in [0.717, 1.165) is 5.56 Å². The fraction of sp³-hybridized carbons (Fsp3) is 0.208. The Morgan fingerprint density at radius 2 is 1.69 bits per heavy atom. The largest absolute Gasteiger partial charge is 0.494 e. The molecule has 6 nitrogen and oxygen atoms in total. The number of nitrogens with one attached hydrogen (secondary N) is 2. The summed E-state index contributed by atoms with van der Waals surface area (Å²) in [7, 11) is -3.96. The van der Waals surface area contributed by atoms with E-state index in [1.165, 1.54) is 12.1 Å². The van der Waals surface area contributed by atoms with E-state index < -0.39 is 22.0 Å². The number of hydrogen-bond acceptors (Lipinski definition) is 4. The van der Waals surface area contributed by atoms with Crippen LogP contribution in [0.1, 0.15) is 18.1 Å². The summed E-state index contributed by atoms with van der Waals surface area (Å²) >= 11 is 6.16. The highest BCUT2D eigenvalue weighted by atomic mass is 35.5. The van der Waals surface area contributed by atoms with Gasteiger partial charge in [-0.05, 0) is 67.8 Å². The smallest absolute Gasteiger partial charge is 0.242 e. The van der Waals surface area contributed by atoms with Crippen LogP contribution in [0.5, 0.6) is 5.75 Å². The molecule has 3 aromatic carbocycles. The van der Waals surface area contributed by atoms with E-state index in [4.69, 9.17) is 16.3 Å². The normalized spacial score (nSPS) is 12.2. The van der Waals surface area contributed by atoms with Gasteiger partial charge in [-0.1, -0.05) is 48.0 Å².